The third kappa shape index (κ3) is 4.29. The van der Waals surface area contributed by atoms with E-state index in [1.165, 1.54) is 9.78 Å². The minimum absolute atomic E-state index is 0.146. The van der Waals surface area contributed by atoms with Crippen molar-refractivity contribution in [2.45, 2.75) is 31.7 Å². The molecular weight excluding hydrogens is 292 g/mol. The highest BCUT2D eigenvalue weighted by atomic mass is 32.1. The maximum Gasteiger partial charge on any atom is 0.305 e. The molecule has 2 rings (SSSR count). The summed E-state index contributed by atoms with van der Waals surface area (Å²) in [4.78, 5) is 37.4. The molecule has 21 heavy (non-hydrogen) atoms. The van der Waals surface area contributed by atoms with Crippen molar-refractivity contribution in [1.29, 1.82) is 0 Å². The lowest BCUT2D eigenvalue weighted by molar-refractivity contribution is -0.148. The van der Waals surface area contributed by atoms with Crippen LogP contribution in [-0.4, -0.2) is 46.9 Å². The molecule has 1 atom stereocenters. The number of nitrogens with one attached hydrogen (secondary N) is 1. The lowest BCUT2D eigenvalue weighted by Gasteiger charge is -2.34. The van der Waals surface area contributed by atoms with Crippen LogP contribution >= 0.6 is 11.3 Å². The number of carboxylic acids is 1. The largest absolute Gasteiger partial charge is 0.481 e. The molecule has 0 radical (unpaired) electrons. The van der Waals surface area contributed by atoms with Gasteiger partial charge in [-0.2, -0.15) is 0 Å². The minimum Gasteiger partial charge on any atom is -0.481 e. The third-order valence-electron chi connectivity index (χ3n) is 3.41. The van der Waals surface area contributed by atoms with Crippen LogP contribution in [0.4, 0.5) is 0 Å². The monoisotopic (exact) mass is 310 g/mol. The summed E-state index contributed by atoms with van der Waals surface area (Å²) >= 11 is 1.65. The van der Waals surface area contributed by atoms with Crippen LogP contribution in [0.5, 0.6) is 0 Å². The molecule has 0 spiro atoms. The van der Waals surface area contributed by atoms with Gasteiger partial charge in [0.2, 0.25) is 11.8 Å². The van der Waals surface area contributed by atoms with Crippen molar-refractivity contribution in [3.8, 4) is 0 Å². The van der Waals surface area contributed by atoms with E-state index in [1.807, 2.05) is 17.5 Å². The van der Waals surface area contributed by atoms with E-state index in [0.29, 0.717) is 25.9 Å². The number of piperazine rings is 1. The van der Waals surface area contributed by atoms with Crippen LogP contribution in [0.2, 0.25) is 0 Å². The summed E-state index contributed by atoms with van der Waals surface area (Å²) < 4.78 is 0. The summed E-state index contributed by atoms with van der Waals surface area (Å²) in [6.07, 6.45) is 1.52. The molecular formula is C14H18N2O4S. The third-order valence-corrected chi connectivity index (χ3v) is 4.35. The zero-order valence-corrected chi connectivity index (χ0v) is 12.4. The van der Waals surface area contributed by atoms with E-state index in [0.717, 1.165) is 6.42 Å². The number of hydrogen-bond acceptors (Lipinski definition) is 4. The molecule has 0 aromatic carbocycles. The average Bonchev–Trinajstić information content (AvgIpc) is 2.93. The van der Waals surface area contributed by atoms with Crippen molar-refractivity contribution in [1.82, 2.24) is 10.2 Å². The van der Waals surface area contributed by atoms with Gasteiger partial charge in [0.15, 0.2) is 0 Å². The fourth-order valence-corrected chi connectivity index (χ4v) is 3.15. The lowest BCUT2D eigenvalue weighted by atomic mass is 10.1. The number of thiophene rings is 1. The molecule has 1 aromatic rings. The standard InChI is InChI=1S/C14H18N2O4S/c17-12(5-1-3-10-4-2-8-21-10)16-7-6-15-14(20)11(16)9-13(18)19/h2,4,8,11H,1,3,5-7,9H2,(H,15,20)(H,18,19). The second-order valence-corrected chi connectivity index (χ2v) is 5.96. The van der Waals surface area contributed by atoms with Gasteiger partial charge in [-0.1, -0.05) is 6.07 Å². The van der Waals surface area contributed by atoms with Crippen LogP contribution < -0.4 is 5.32 Å². The maximum atomic E-state index is 12.2. The molecule has 0 aliphatic carbocycles. The molecule has 1 aliphatic rings. The van der Waals surface area contributed by atoms with Crippen LogP contribution in [0.1, 0.15) is 24.1 Å². The summed E-state index contributed by atoms with van der Waals surface area (Å²) in [6, 6.07) is 3.11. The SMILES string of the molecule is O=C(O)CC1C(=O)NCCN1C(=O)CCCc1cccs1. The van der Waals surface area contributed by atoms with Gasteiger partial charge in [0.1, 0.15) is 6.04 Å². The lowest BCUT2D eigenvalue weighted by Crippen LogP contribution is -2.57. The zero-order valence-electron chi connectivity index (χ0n) is 11.6. The molecule has 0 bridgehead atoms. The molecule has 2 heterocycles. The smallest absolute Gasteiger partial charge is 0.305 e. The van der Waals surface area contributed by atoms with Gasteiger partial charge in [-0.15, -0.1) is 11.3 Å². The molecule has 1 saturated heterocycles. The fraction of sp³-hybridized carbons (Fsp3) is 0.500. The van der Waals surface area contributed by atoms with E-state index in [-0.39, 0.29) is 18.2 Å². The first-order chi connectivity index (χ1) is 10.1. The minimum atomic E-state index is -1.08. The number of nitrogens with zero attached hydrogens (tertiary/aromatic N) is 1. The van der Waals surface area contributed by atoms with Crippen LogP contribution in [0, 0.1) is 0 Å². The Bertz CT molecular complexity index is 515. The molecule has 1 aliphatic heterocycles. The molecule has 114 valence electrons. The fourth-order valence-electron chi connectivity index (χ4n) is 2.39. The van der Waals surface area contributed by atoms with Crippen molar-refractivity contribution < 1.29 is 19.5 Å². The highest BCUT2D eigenvalue weighted by Gasteiger charge is 2.34. The van der Waals surface area contributed by atoms with E-state index in [4.69, 9.17) is 5.11 Å². The highest BCUT2D eigenvalue weighted by Crippen LogP contribution is 2.15. The summed E-state index contributed by atoms with van der Waals surface area (Å²) in [7, 11) is 0. The maximum absolute atomic E-state index is 12.2. The van der Waals surface area contributed by atoms with Gasteiger partial charge in [-0.3, -0.25) is 14.4 Å². The van der Waals surface area contributed by atoms with Gasteiger partial charge in [0, 0.05) is 24.4 Å². The molecule has 7 heteroatoms. The average molecular weight is 310 g/mol. The Kier molecular flexibility index (Phi) is 5.32. The van der Waals surface area contributed by atoms with Gasteiger partial charge < -0.3 is 15.3 Å². The van der Waals surface area contributed by atoms with Gasteiger partial charge in [0.05, 0.1) is 6.42 Å². The molecule has 1 unspecified atom stereocenters. The first kappa shape index (κ1) is 15.5. The topological polar surface area (TPSA) is 86.7 Å². The Balaban J connectivity index is 1.88. The first-order valence-electron chi connectivity index (χ1n) is 6.89. The Morgan fingerprint density at radius 1 is 1.48 bits per heavy atom. The van der Waals surface area contributed by atoms with Crippen LogP contribution in [-0.2, 0) is 20.8 Å². The molecule has 2 amide bonds. The van der Waals surface area contributed by atoms with Gasteiger partial charge in [0.25, 0.3) is 0 Å². The summed E-state index contributed by atoms with van der Waals surface area (Å²) in [5, 5.41) is 13.5. The number of amides is 2. The Labute approximate surface area is 126 Å². The number of aryl methyl sites for hydroxylation is 1. The van der Waals surface area contributed by atoms with E-state index in [9.17, 15) is 14.4 Å². The van der Waals surface area contributed by atoms with Crippen molar-refractivity contribution in [3.63, 3.8) is 0 Å². The van der Waals surface area contributed by atoms with E-state index >= 15 is 0 Å². The number of carbonyl (C=O) groups is 3. The second-order valence-electron chi connectivity index (χ2n) is 4.92. The second kappa shape index (κ2) is 7.21. The number of aliphatic carboxylic acids is 1. The Hall–Kier alpha value is -1.89. The number of rotatable bonds is 6. The van der Waals surface area contributed by atoms with Gasteiger partial charge in [-0.05, 0) is 24.3 Å². The van der Waals surface area contributed by atoms with Gasteiger partial charge >= 0.3 is 5.97 Å². The summed E-state index contributed by atoms with van der Waals surface area (Å²) in [5.74, 6) is -1.60. The van der Waals surface area contributed by atoms with Gasteiger partial charge in [-0.25, -0.2) is 0 Å². The normalized spacial score (nSPS) is 18.4. The predicted molar refractivity (Wildman–Crippen MR) is 78.0 cm³/mol. The number of carboxylic acid groups (broad SMARTS) is 1. The van der Waals surface area contributed by atoms with Crippen molar-refractivity contribution in [3.05, 3.63) is 22.4 Å². The molecule has 6 nitrogen and oxygen atoms in total. The summed E-state index contributed by atoms with van der Waals surface area (Å²) in [6.45, 7) is 0.757. The zero-order chi connectivity index (χ0) is 15.2. The van der Waals surface area contributed by atoms with E-state index in [2.05, 4.69) is 5.32 Å². The Morgan fingerprint density at radius 2 is 2.29 bits per heavy atom. The van der Waals surface area contributed by atoms with Crippen molar-refractivity contribution in [2.75, 3.05) is 13.1 Å². The van der Waals surface area contributed by atoms with Crippen LogP contribution in [0.25, 0.3) is 0 Å². The number of hydrogen-bond donors (Lipinski definition) is 2. The quantitative estimate of drug-likeness (QED) is 0.816. The molecule has 2 N–H and O–H groups in total. The molecule has 1 aromatic heterocycles. The number of carbonyl (C=O) groups excluding carboxylic acids is 2. The Morgan fingerprint density at radius 3 is 2.95 bits per heavy atom. The molecule has 0 saturated carbocycles. The van der Waals surface area contributed by atoms with E-state index in [1.54, 1.807) is 11.3 Å². The predicted octanol–water partition coefficient (Wildman–Crippen LogP) is 0.873. The highest BCUT2D eigenvalue weighted by molar-refractivity contribution is 7.09. The van der Waals surface area contributed by atoms with Crippen molar-refractivity contribution >= 4 is 29.1 Å². The van der Waals surface area contributed by atoms with Crippen LogP contribution in [0.15, 0.2) is 17.5 Å². The molecule has 1 fully saturated rings. The van der Waals surface area contributed by atoms with E-state index < -0.39 is 12.0 Å². The van der Waals surface area contributed by atoms with Crippen molar-refractivity contribution in [2.24, 2.45) is 0 Å². The summed E-state index contributed by atoms with van der Waals surface area (Å²) in [5.41, 5.74) is 0. The van der Waals surface area contributed by atoms with Crippen LogP contribution in [0.3, 0.4) is 0 Å². The first-order valence-corrected chi connectivity index (χ1v) is 7.77.